The molecule has 0 unspecified atom stereocenters. The van der Waals surface area contributed by atoms with Crippen LogP contribution in [0.4, 0.5) is 11.6 Å². The lowest BCUT2D eigenvalue weighted by Gasteiger charge is -2.17. The fourth-order valence-corrected chi connectivity index (χ4v) is 4.12. The normalized spacial score (nSPS) is 12.3. The van der Waals surface area contributed by atoms with Gasteiger partial charge in [-0.05, 0) is 37.0 Å². The summed E-state index contributed by atoms with van der Waals surface area (Å²) in [5, 5.41) is 10.1. The number of ether oxygens (including phenoxy) is 1. The van der Waals surface area contributed by atoms with E-state index in [2.05, 4.69) is 49.6 Å². The molecule has 0 aliphatic carbocycles. The van der Waals surface area contributed by atoms with E-state index in [1.807, 2.05) is 71.1 Å². The van der Waals surface area contributed by atoms with Crippen LogP contribution in [0.25, 0.3) is 11.3 Å². The van der Waals surface area contributed by atoms with Gasteiger partial charge in [-0.1, -0.05) is 51.9 Å². The maximum Gasteiger partial charge on any atom is 0.315 e. The smallest absolute Gasteiger partial charge is 0.315 e. The molecule has 4 aromatic rings. The Morgan fingerprint density at radius 3 is 2.38 bits per heavy atom. The molecule has 1 amide bonds. The Kier molecular flexibility index (Phi) is 7.94. The molecular weight excluding hydrogens is 494 g/mol. The van der Waals surface area contributed by atoms with E-state index in [1.54, 1.807) is 7.11 Å². The van der Waals surface area contributed by atoms with E-state index in [-0.39, 0.29) is 17.3 Å². The van der Waals surface area contributed by atoms with Crippen molar-refractivity contribution in [2.75, 3.05) is 12.4 Å². The highest BCUT2D eigenvalue weighted by Crippen LogP contribution is 2.30. The predicted molar refractivity (Wildman–Crippen MR) is 149 cm³/mol. The number of nitrogens with one attached hydrogen (secondary N) is 2. The van der Waals surface area contributed by atoms with Crippen molar-refractivity contribution in [3.8, 4) is 17.0 Å². The van der Waals surface area contributed by atoms with Gasteiger partial charge in [-0.25, -0.2) is 15.0 Å². The minimum atomic E-state index is -0.410. The van der Waals surface area contributed by atoms with Crippen LogP contribution in [-0.4, -0.2) is 38.1 Å². The first-order chi connectivity index (χ1) is 18.5. The predicted octanol–water partition coefficient (Wildman–Crippen LogP) is 5.89. The quantitative estimate of drug-likeness (QED) is 0.287. The Labute approximate surface area is 228 Å². The number of methoxy groups -OCH3 is 1. The number of anilines is 2. The average Bonchev–Trinajstić information content (AvgIpc) is 3.40. The number of hydrogen-bond donors (Lipinski definition) is 2. The standard InChI is InChI=1S/C29H35N7O3/c1-16(2)21-14-30-25(13-23(21)38-8)34-24-12-22(31-15-32-24)19-9-10-20(17(3)11-19)18(4)33-26(37)27-35-28(36-39-27)29(5,6)7/h9-16,18H,1-8H3,(H,33,37)(H,30,31,32,34)/t18-/m1/s1. The average molecular weight is 530 g/mol. The van der Waals surface area contributed by atoms with E-state index in [9.17, 15) is 4.79 Å². The third-order valence-electron chi connectivity index (χ3n) is 6.33. The minimum absolute atomic E-state index is 0.0481. The minimum Gasteiger partial charge on any atom is -0.496 e. The van der Waals surface area contributed by atoms with E-state index >= 15 is 0 Å². The zero-order valence-electron chi connectivity index (χ0n) is 23.7. The van der Waals surface area contributed by atoms with Crippen molar-refractivity contribution in [2.24, 2.45) is 0 Å². The van der Waals surface area contributed by atoms with Crippen LogP contribution >= 0.6 is 0 Å². The van der Waals surface area contributed by atoms with Crippen molar-refractivity contribution in [1.82, 2.24) is 30.4 Å². The summed E-state index contributed by atoms with van der Waals surface area (Å²) in [4.78, 5) is 30.3. The summed E-state index contributed by atoms with van der Waals surface area (Å²) in [6.45, 7) is 14.0. The van der Waals surface area contributed by atoms with Gasteiger partial charge in [0.25, 0.3) is 0 Å². The SMILES string of the molecule is COc1cc(Nc2cc(-c3ccc([C@@H](C)NC(=O)c4nc(C(C)(C)C)no4)c(C)c3)ncn2)ncc1C(C)C. The molecule has 3 heterocycles. The van der Waals surface area contributed by atoms with Crippen molar-refractivity contribution in [2.45, 2.75) is 65.8 Å². The van der Waals surface area contributed by atoms with E-state index in [1.165, 1.54) is 6.33 Å². The molecule has 0 saturated heterocycles. The molecule has 0 aliphatic heterocycles. The number of carbonyl (C=O) groups is 1. The van der Waals surface area contributed by atoms with E-state index in [0.29, 0.717) is 23.4 Å². The number of carbonyl (C=O) groups excluding carboxylic acids is 1. The molecule has 0 fully saturated rings. The summed E-state index contributed by atoms with van der Waals surface area (Å²) < 4.78 is 10.7. The molecule has 2 N–H and O–H groups in total. The van der Waals surface area contributed by atoms with Crippen molar-refractivity contribution in [1.29, 1.82) is 0 Å². The number of aryl methyl sites for hydroxylation is 1. The molecule has 39 heavy (non-hydrogen) atoms. The maximum atomic E-state index is 12.7. The Morgan fingerprint density at radius 2 is 1.74 bits per heavy atom. The van der Waals surface area contributed by atoms with Crippen LogP contribution in [0.3, 0.4) is 0 Å². The highest BCUT2D eigenvalue weighted by atomic mass is 16.5. The highest BCUT2D eigenvalue weighted by Gasteiger charge is 2.25. The Morgan fingerprint density at radius 1 is 1.00 bits per heavy atom. The second kappa shape index (κ2) is 11.2. The lowest BCUT2D eigenvalue weighted by molar-refractivity contribution is 0.0895. The zero-order valence-corrected chi connectivity index (χ0v) is 23.7. The number of amides is 1. The molecule has 0 radical (unpaired) electrons. The Hall–Kier alpha value is -4.34. The number of hydrogen-bond acceptors (Lipinski definition) is 9. The Bertz CT molecular complexity index is 1470. The van der Waals surface area contributed by atoms with Crippen LogP contribution in [0.2, 0.25) is 0 Å². The topological polar surface area (TPSA) is 128 Å². The number of benzene rings is 1. The van der Waals surface area contributed by atoms with Gasteiger partial charge in [0.1, 0.15) is 23.7 Å². The summed E-state index contributed by atoms with van der Waals surface area (Å²) in [6.07, 6.45) is 3.33. The summed E-state index contributed by atoms with van der Waals surface area (Å²) >= 11 is 0. The van der Waals surface area contributed by atoms with E-state index in [4.69, 9.17) is 9.26 Å². The van der Waals surface area contributed by atoms with Gasteiger partial charge in [-0.3, -0.25) is 4.79 Å². The van der Waals surface area contributed by atoms with Gasteiger partial charge in [-0.15, -0.1) is 0 Å². The van der Waals surface area contributed by atoms with Crippen LogP contribution in [0.5, 0.6) is 5.75 Å². The number of rotatable bonds is 8. The molecule has 1 aromatic carbocycles. The summed E-state index contributed by atoms with van der Waals surface area (Å²) in [7, 11) is 1.65. The van der Waals surface area contributed by atoms with Crippen molar-refractivity contribution < 1.29 is 14.1 Å². The number of nitrogens with zero attached hydrogens (tertiary/aromatic N) is 5. The van der Waals surface area contributed by atoms with Gasteiger partial charge >= 0.3 is 11.8 Å². The van der Waals surface area contributed by atoms with E-state index in [0.717, 1.165) is 33.7 Å². The molecule has 0 saturated carbocycles. The maximum absolute atomic E-state index is 12.7. The van der Waals surface area contributed by atoms with Crippen LogP contribution in [0.15, 0.2) is 47.4 Å². The van der Waals surface area contributed by atoms with Gasteiger partial charge in [0.15, 0.2) is 5.82 Å². The molecular formula is C29H35N7O3. The summed E-state index contributed by atoms with van der Waals surface area (Å²) in [6, 6.07) is 9.45. The van der Waals surface area contributed by atoms with Gasteiger partial charge in [0.2, 0.25) is 0 Å². The molecule has 10 nitrogen and oxygen atoms in total. The lowest BCUT2D eigenvalue weighted by Crippen LogP contribution is -2.27. The second-order valence-corrected chi connectivity index (χ2v) is 10.8. The van der Waals surface area contributed by atoms with Crippen molar-refractivity contribution in [3.05, 3.63) is 71.3 Å². The van der Waals surface area contributed by atoms with Crippen molar-refractivity contribution >= 4 is 17.5 Å². The highest BCUT2D eigenvalue weighted by molar-refractivity contribution is 5.89. The zero-order chi connectivity index (χ0) is 28.3. The third-order valence-corrected chi connectivity index (χ3v) is 6.33. The molecule has 0 bridgehead atoms. The molecule has 4 rings (SSSR count). The first-order valence-electron chi connectivity index (χ1n) is 12.8. The largest absolute Gasteiger partial charge is 0.496 e. The second-order valence-electron chi connectivity index (χ2n) is 10.8. The Balaban J connectivity index is 1.48. The first-order valence-corrected chi connectivity index (χ1v) is 12.8. The molecule has 0 spiro atoms. The number of aromatic nitrogens is 5. The number of pyridine rings is 1. The third kappa shape index (κ3) is 6.39. The van der Waals surface area contributed by atoms with Crippen LogP contribution in [0.1, 0.15) is 86.7 Å². The van der Waals surface area contributed by atoms with Gasteiger partial charge in [0.05, 0.1) is 18.8 Å². The fourth-order valence-electron chi connectivity index (χ4n) is 4.12. The van der Waals surface area contributed by atoms with Crippen LogP contribution in [0, 0.1) is 6.92 Å². The fraction of sp³-hybridized carbons (Fsp3) is 0.379. The van der Waals surface area contributed by atoms with Gasteiger partial charge < -0.3 is 19.9 Å². The first kappa shape index (κ1) is 27.7. The molecule has 0 aliphatic rings. The lowest BCUT2D eigenvalue weighted by atomic mass is 9.96. The summed E-state index contributed by atoms with van der Waals surface area (Å²) in [5.74, 6) is 2.35. The molecule has 3 aromatic heterocycles. The summed E-state index contributed by atoms with van der Waals surface area (Å²) in [5.41, 5.74) is 4.39. The van der Waals surface area contributed by atoms with Gasteiger partial charge in [0, 0.05) is 34.9 Å². The van der Waals surface area contributed by atoms with Crippen LogP contribution < -0.4 is 15.4 Å². The van der Waals surface area contributed by atoms with Crippen molar-refractivity contribution in [3.63, 3.8) is 0 Å². The van der Waals surface area contributed by atoms with Crippen LogP contribution in [-0.2, 0) is 5.41 Å². The molecule has 204 valence electrons. The molecule has 10 heteroatoms. The molecule has 1 atom stereocenters. The monoisotopic (exact) mass is 529 g/mol. The van der Waals surface area contributed by atoms with Gasteiger partial charge in [-0.2, -0.15) is 4.98 Å². The van der Waals surface area contributed by atoms with E-state index < -0.39 is 5.91 Å².